The number of nitrogens with zero attached hydrogens (tertiary/aromatic N) is 3. The second kappa shape index (κ2) is 9.79. The Morgan fingerprint density at radius 3 is 2.63 bits per heavy atom. The third-order valence-corrected chi connectivity index (χ3v) is 7.41. The normalized spacial score (nSPS) is 16.4. The number of amides is 1. The molecule has 8 heteroatoms. The van der Waals surface area contributed by atoms with Crippen LogP contribution in [0.5, 0.6) is 5.75 Å². The minimum atomic E-state index is -0.126. The van der Waals surface area contributed by atoms with Gasteiger partial charge in [-0.25, -0.2) is 4.98 Å². The van der Waals surface area contributed by atoms with Crippen molar-refractivity contribution in [3.63, 3.8) is 0 Å². The number of H-pyrrole nitrogens is 2. The van der Waals surface area contributed by atoms with Crippen LogP contribution in [0.4, 0.5) is 0 Å². The first-order valence-corrected chi connectivity index (χ1v) is 12.8. The molecule has 1 fully saturated rings. The topological polar surface area (TPSA) is 94.3 Å². The largest absolute Gasteiger partial charge is 0.492 e. The van der Waals surface area contributed by atoms with Crippen molar-refractivity contribution in [1.29, 1.82) is 0 Å². The Bertz CT molecular complexity index is 1690. The predicted molar refractivity (Wildman–Crippen MR) is 149 cm³/mol. The predicted octanol–water partition coefficient (Wildman–Crippen LogP) is 4.28. The molecule has 2 N–H and O–H groups in total. The van der Waals surface area contributed by atoms with Crippen LogP contribution in [0, 0.1) is 0 Å². The number of likely N-dealkylation sites (N-methyl/N-ethyl adjacent to an activating group) is 1. The first-order valence-electron chi connectivity index (χ1n) is 12.8. The molecular formula is C30H29N5O3. The maximum atomic E-state index is 12.2. The molecule has 2 aromatic carbocycles. The van der Waals surface area contributed by atoms with E-state index >= 15 is 0 Å². The highest BCUT2D eigenvalue weighted by atomic mass is 16.5. The van der Waals surface area contributed by atoms with Gasteiger partial charge in [-0.2, -0.15) is 0 Å². The molecule has 0 bridgehead atoms. The number of pyridine rings is 2. The number of carbonyl (C=O) groups is 1. The average Bonchev–Trinajstić information content (AvgIpc) is 3.44. The summed E-state index contributed by atoms with van der Waals surface area (Å²) in [5.41, 5.74) is 5.23. The molecule has 0 radical (unpaired) electrons. The molecule has 1 aliphatic rings. The molecule has 6 rings (SSSR count). The van der Waals surface area contributed by atoms with Gasteiger partial charge in [0.05, 0.1) is 17.3 Å². The summed E-state index contributed by atoms with van der Waals surface area (Å²) in [5, 5.41) is 1.92. The minimum absolute atomic E-state index is 0.110. The molecule has 1 amide bonds. The summed E-state index contributed by atoms with van der Waals surface area (Å²) in [5.74, 6) is 0.957. The van der Waals surface area contributed by atoms with Gasteiger partial charge in [-0.1, -0.05) is 12.1 Å². The van der Waals surface area contributed by atoms with Crippen LogP contribution in [0.1, 0.15) is 6.92 Å². The van der Waals surface area contributed by atoms with Crippen molar-refractivity contribution < 1.29 is 9.53 Å². The van der Waals surface area contributed by atoms with Gasteiger partial charge in [-0.15, -0.1) is 0 Å². The summed E-state index contributed by atoms with van der Waals surface area (Å²) in [7, 11) is 1.85. The lowest BCUT2D eigenvalue weighted by atomic mass is 10.0. The van der Waals surface area contributed by atoms with Crippen LogP contribution in [-0.2, 0) is 4.79 Å². The van der Waals surface area contributed by atoms with Crippen LogP contribution in [0.2, 0.25) is 0 Å². The number of carbonyl (C=O) groups excluding carboxylic acids is 1. The van der Waals surface area contributed by atoms with Gasteiger partial charge in [0, 0.05) is 61.0 Å². The SMILES string of the molecule is C[C@@H]1C(=O)N(C)CCN1CCOc1ccc(-c2ccc3cc(-c4c[nH]c(=O)c5[nH]ccc45)ccc3n2)cc1. The van der Waals surface area contributed by atoms with Gasteiger partial charge in [0.2, 0.25) is 5.91 Å². The number of hydrogen-bond donors (Lipinski definition) is 2. The molecule has 1 atom stereocenters. The molecule has 0 saturated carbocycles. The Kier molecular flexibility index (Phi) is 6.17. The van der Waals surface area contributed by atoms with Gasteiger partial charge in [-0.3, -0.25) is 14.5 Å². The van der Waals surface area contributed by atoms with Gasteiger partial charge < -0.3 is 19.6 Å². The number of ether oxygens (including phenoxy) is 1. The highest BCUT2D eigenvalue weighted by molar-refractivity contribution is 5.96. The Balaban J connectivity index is 1.15. The van der Waals surface area contributed by atoms with Gasteiger partial charge in [-0.05, 0) is 61.0 Å². The van der Waals surface area contributed by atoms with E-state index in [-0.39, 0.29) is 17.5 Å². The lowest BCUT2D eigenvalue weighted by molar-refractivity contribution is -0.139. The van der Waals surface area contributed by atoms with Crippen LogP contribution in [0.15, 0.2) is 77.9 Å². The van der Waals surface area contributed by atoms with Crippen LogP contribution >= 0.6 is 0 Å². The fraction of sp³-hybridized carbons (Fsp3) is 0.233. The Morgan fingerprint density at radius 1 is 0.974 bits per heavy atom. The Labute approximate surface area is 219 Å². The van der Waals surface area contributed by atoms with Crippen LogP contribution in [-0.4, -0.2) is 70.0 Å². The van der Waals surface area contributed by atoms with Crippen molar-refractivity contribution >= 4 is 27.7 Å². The summed E-state index contributed by atoms with van der Waals surface area (Å²) in [6.07, 6.45) is 3.54. The molecular weight excluding hydrogens is 478 g/mol. The zero-order chi connectivity index (χ0) is 26.2. The number of hydrogen-bond acceptors (Lipinski definition) is 5. The zero-order valence-corrected chi connectivity index (χ0v) is 21.4. The number of aromatic amines is 2. The van der Waals surface area contributed by atoms with E-state index in [4.69, 9.17) is 9.72 Å². The molecule has 0 unspecified atom stereocenters. The summed E-state index contributed by atoms with van der Waals surface area (Å²) in [6, 6.07) is 20.0. The fourth-order valence-electron chi connectivity index (χ4n) is 5.13. The monoisotopic (exact) mass is 507 g/mol. The maximum Gasteiger partial charge on any atom is 0.272 e. The average molecular weight is 508 g/mol. The summed E-state index contributed by atoms with van der Waals surface area (Å²) < 4.78 is 5.96. The smallest absolute Gasteiger partial charge is 0.272 e. The lowest BCUT2D eigenvalue weighted by Crippen LogP contribution is -2.55. The molecule has 0 aliphatic carbocycles. The van der Waals surface area contributed by atoms with E-state index in [1.165, 1.54) is 0 Å². The van der Waals surface area contributed by atoms with E-state index in [1.54, 1.807) is 17.3 Å². The lowest BCUT2D eigenvalue weighted by Gasteiger charge is -2.37. The molecule has 0 spiro atoms. The van der Waals surface area contributed by atoms with Gasteiger partial charge in [0.25, 0.3) is 5.56 Å². The van der Waals surface area contributed by atoms with E-state index in [0.717, 1.165) is 57.5 Å². The van der Waals surface area contributed by atoms with Crippen LogP contribution < -0.4 is 10.3 Å². The van der Waals surface area contributed by atoms with Crippen molar-refractivity contribution in [2.24, 2.45) is 0 Å². The summed E-state index contributed by atoms with van der Waals surface area (Å²) in [6.45, 7) is 4.81. The fourth-order valence-corrected chi connectivity index (χ4v) is 5.13. The first kappa shape index (κ1) is 23.9. The standard InChI is InChI=1S/C30H29N5O3/c1-19-30(37)34(2)13-14-35(19)15-16-38-23-7-3-20(4-8-23)26-10-6-22-17-21(5-9-27(22)33-26)25-18-32-29(36)28-24(25)11-12-31-28/h3-12,17-19,31H,13-16H2,1-2H3,(H,32,36)/t19-/m1/s1. The molecule has 5 aromatic rings. The number of rotatable bonds is 6. The zero-order valence-electron chi connectivity index (χ0n) is 21.4. The number of benzene rings is 2. The van der Waals surface area contributed by atoms with Crippen LogP contribution in [0.25, 0.3) is 44.2 Å². The highest BCUT2D eigenvalue weighted by Gasteiger charge is 2.28. The van der Waals surface area contributed by atoms with Gasteiger partial charge in [0.1, 0.15) is 17.9 Å². The first-order chi connectivity index (χ1) is 18.5. The number of fused-ring (bicyclic) bond motifs is 2. The van der Waals surface area contributed by atoms with Crippen LogP contribution in [0.3, 0.4) is 0 Å². The summed E-state index contributed by atoms with van der Waals surface area (Å²) in [4.78, 5) is 38.9. The molecule has 3 aromatic heterocycles. The molecule has 4 heterocycles. The Hall–Kier alpha value is -4.43. The van der Waals surface area contributed by atoms with Crippen molar-refractivity contribution in [2.45, 2.75) is 13.0 Å². The van der Waals surface area contributed by atoms with Crippen molar-refractivity contribution in [2.75, 3.05) is 33.3 Å². The van der Waals surface area contributed by atoms with E-state index in [0.29, 0.717) is 18.7 Å². The van der Waals surface area contributed by atoms with E-state index in [1.807, 2.05) is 62.5 Å². The van der Waals surface area contributed by atoms with Crippen molar-refractivity contribution in [3.05, 3.63) is 83.4 Å². The van der Waals surface area contributed by atoms with Crippen molar-refractivity contribution in [1.82, 2.24) is 24.8 Å². The quantitative estimate of drug-likeness (QED) is 0.358. The minimum Gasteiger partial charge on any atom is -0.492 e. The third-order valence-electron chi connectivity index (χ3n) is 7.41. The molecule has 1 aliphatic heterocycles. The van der Waals surface area contributed by atoms with E-state index < -0.39 is 0 Å². The number of aromatic nitrogens is 3. The van der Waals surface area contributed by atoms with Gasteiger partial charge in [0.15, 0.2) is 0 Å². The van der Waals surface area contributed by atoms with Crippen molar-refractivity contribution in [3.8, 4) is 28.1 Å². The third kappa shape index (κ3) is 4.43. The Morgan fingerprint density at radius 2 is 1.79 bits per heavy atom. The molecule has 192 valence electrons. The second-order valence-electron chi connectivity index (χ2n) is 9.75. The highest BCUT2D eigenvalue weighted by Crippen LogP contribution is 2.30. The second-order valence-corrected chi connectivity index (χ2v) is 9.75. The number of piperazine rings is 1. The summed E-state index contributed by atoms with van der Waals surface area (Å²) >= 11 is 0. The molecule has 1 saturated heterocycles. The number of nitrogens with one attached hydrogen (secondary N) is 2. The molecule has 8 nitrogen and oxygen atoms in total. The molecule has 38 heavy (non-hydrogen) atoms. The van der Waals surface area contributed by atoms with E-state index in [2.05, 4.69) is 27.0 Å². The van der Waals surface area contributed by atoms with Gasteiger partial charge >= 0.3 is 0 Å². The van der Waals surface area contributed by atoms with E-state index in [9.17, 15) is 9.59 Å². The maximum absolute atomic E-state index is 12.2.